The molecule has 7 heteroatoms. The summed E-state index contributed by atoms with van der Waals surface area (Å²) in [6.45, 7) is 0.263. The number of carboxylic acid groups (broad SMARTS) is 1. The summed E-state index contributed by atoms with van der Waals surface area (Å²) in [5.41, 5.74) is 3.67. The maximum atomic E-state index is 13.6. The van der Waals surface area contributed by atoms with Crippen LogP contribution in [0.15, 0.2) is 66.7 Å². The second-order valence-electron chi connectivity index (χ2n) is 8.07. The lowest BCUT2D eigenvalue weighted by atomic mass is 9.83. The molecule has 0 bridgehead atoms. The van der Waals surface area contributed by atoms with Gasteiger partial charge in [0.1, 0.15) is 12.4 Å². The fourth-order valence-corrected chi connectivity index (χ4v) is 4.23. The van der Waals surface area contributed by atoms with Crippen molar-refractivity contribution < 1.29 is 28.5 Å². The summed E-state index contributed by atoms with van der Waals surface area (Å²) in [6, 6.07) is 18.1. The fraction of sp³-hybridized carbons (Fsp3) is 0.111. The minimum atomic E-state index is -1.65. The molecule has 0 radical (unpaired) electrons. The van der Waals surface area contributed by atoms with Crippen LogP contribution in [0, 0.1) is 11.6 Å². The van der Waals surface area contributed by atoms with Crippen molar-refractivity contribution in [3.8, 4) is 5.75 Å². The number of aliphatic hydroxyl groups excluding tert-OH is 1. The molecule has 2 unspecified atom stereocenters. The topological polar surface area (TPSA) is 79.7 Å². The molecule has 1 aliphatic heterocycles. The van der Waals surface area contributed by atoms with Gasteiger partial charge in [-0.3, -0.25) is 0 Å². The lowest BCUT2D eigenvalue weighted by Gasteiger charge is -2.22. The molecule has 3 aromatic carbocycles. The number of aliphatic hydroxyl groups is 1. The van der Waals surface area contributed by atoms with E-state index < -0.39 is 29.6 Å². The number of hydrogen-bond acceptors (Lipinski definition) is 4. The number of fused-ring (bicyclic) bond motifs is 3. The van der Waals surface area contributed by atoms with Gasteiger partial charge in [-0.1, -0.05) is 42.5 Å². The van der Waals surface area contributed by atoms with Crippen LogP contribution >= 0.6 is 0 Å². The first-order valence-electron chi connectivity index (χ1n) is 10.6. The van der Waals surface area contributed by atoms with E-state index in [1.165, 1.54) is 0 Å². The Morgan fingerprint density at radius 1 is 1.00 bits per heavy atom. The summed E-state index contributed by atoms with van der Waals surface area (Å²) in [6.07, 6.45) is 1.84. The van der Waals surface area contributed by atoms with Crippen LogP contribution in [0.25, 0.3) is 23.1 Å². The van der Waals surface area contributed by atoms with E-state index in [0.29, 0.717) is 33.5 Å². The number of halogens is 2. The quantitative estimate of drug-likeness (QED) is 0.441. The number of carbonyl (C=O) groups is 1. The molecule has 2 heterocycles. The van der Waals surface area contributed by atoms with E-state index in [0.717, 1.165) is 23.3 Å². The second-order valence-corrected chi connectivity index (χ2v) is 8.07. The normalized spacial score (nSPS) is 15.9. The van der Waals surface area contributed by atoms with Gasteiger partial charge in [0.15, 0.2) is 17.7 Å². The minimum Gasteiger partial charge on any atom is -0.489 e. The van der Waals surface area contributed by atoms with Gasteiger partial charge >= 0.3 is 5.97 Å². The predicted molar refractivity (Wildman–Crippen MR) is 123 cm³/mol. The number of ether oxygens (including phenoxy) is 1. The van der Waals surface area contributed by atoms with Crippen molar-refractivity contribution in [2.24, 2.45) is 0 Å². The Bertz CT molecular complexity index is 1450. The molecule has 4 aromatic rings. The summed E-state index contributed by atoms with van der Waals surface area (Å²) in [5, 5.41) is 20.6. The average molecular weight is 459 g/mol. The minimum absolute atomic E-state index is 0.263. The largest absolute Gasteiger partial charge is 0.489 e. The Kier molecular flexibility index (Phi) is 5.55. The number of aromatic nitrogens is 1. The van der Waals surface area contributed by atoms with Crippen molar-refractivity contribution in [2.75, 3.05) is 0 Å². The maximum Gasteiger partial charge on any atom is 0.333 e. The number of rotatable bonds is 4. The van der Waals surface area contributed by atoms with Crippen molar-refractivity contribution >= 4 is 29.0 Å². The SMILES string of the molecule is O=C(O)C(O)C1c2ccccc2COc2ccc(C=Cc3ccc4cc(F)c(F)cc4n3)cc21. The van der Waals surface area contributed by atoms with Crippen LogP contribution in [0.1, 0.15) is 33.9 Å². The molecule has 0 aliphatic carbocycles. The molecule has 2 N–H and O–H groups in total. The Morgan fingerprint density at radius 2 is 1.79 bits per heavy atom. The van der Waals surface area contributed by atoms with E-state index in [-0.39, 0.29) is 6.61 Å². The lowest BCUT2D eigenvalue weighted by molar-refractivity contribution is -0.147. The monoisotopic (exact) mass is 459 g/mol. The van der Waals surface area contributed by atoms with Gasteiger partial charge < -0.3 is 14.9 Å². The van der Waals surface area contributed by atoms with Crippen LogP contribution in [0.5, 0.6) is 5.75 Å². The highest BCUT2D eigenvalue weighted by Gasteiger charge is 2.34. The summed E-state index contributed by atoms with van der Waals surface area (Å²) >= 11 is 0. The number of pyridine rings is 1. The van der Waals surface area contributed by atoms with Gasteiger partial charge in [-0.2, -0.15) is 0 Å². The zero-order chi connectivity index (χ0) is 23.8. The van der Waals surface area contributed by atoms with E-state index in [2.05, 4.69) is 4.98 Å². The van der Waals surface area contributed by atoms with Gasteiger partial charge in [0.05, 0.1) is 11.2 Å². The zero-order valence-corrected chi connectivity index (χ0v) is 17.8. The van der Waals surface area contributed by atoms with E-state index in [4.69, 9.17) is 4.74 Å². The number of nitrogens with zero attached hydrogens (tertiary/aromatic N) is 1. The van der Waals surface area contributed by atoms with E-state index in [9.17, 15) is 23.8 Å². The Labute approximate surface area is 193 Å². The zero-order valence-electron chi connectivity index (χ0n) is 17.8. The van der Waals surface area contributed by atoms with Gasteiger partial charge in [-0.15, -0.1) is 0 Å². The first kappa shape index (κ1) is 21.7. The first-order valence-corrected chi connectivity index (χ1v) is 10.6. The highest BCUT2D eigenvalue weighted by Crippen LogP contribution is 2.40. The predicted octanol–water partition coefficient (Wildman–Crippen LogP) is 5.15. The number of carboxylic acids is 1. The van der Waals surface area contributed by atoms with Gasteiger partial charge in [-0.25, -0.2) is 18.6 Å². The molecule has 34 heavy (non-hydrogen) atoms. The highest BCUT2D eigenvalue weighted by atomic mass is 19.2. The van der Waals surface area contributed by atoms with Crippen molar-refractivity contribution in [3.63, 3.8) is 0 Å². The van der Waals surface area contributed by atoms with E-state index in [1.54, 1.807) is 48.6 Å². The summed E-state index contributed by atoms with van der Waals surface area (Å²) < 4.78 is 32.9. The molecule has 0 saturated heterocycles. The van der Waals surface area contributed by atoms with Crippen molar-refractivity contribution in [1.29, 1.82) is 0 Å². The average Bonchev–Trinajstić information content (AvgIpc) is 2.99. The van der Waals surface area contributed by atoms with Crippen LogP contribution in [0.3, 0.4) is 0 Å². The molecule has 5 nitrogen and oxygen atoms in total. The third-order valence-corrected chi connectivity index (χ3v) is 5.91. The first-order chi connectivity index (χ1) is 16.4. The molecule has 0 spiro atoms. The van der Waals surface area contributed by atoms with Crippen LogP contribution in [0.2, 0.25) is 0 Å². The van der Waals surface area contributed by atoms with Gasteiger partial charge in [0.2, 0.25) is 0 Å². The molecule has 0 saturated carbocycles. The standard InChI is InChI=1S/C27H19F2NO4/c28-21-12-16-7-9-18(30-23(16)13-22(21)29)8-5-15-6-10-24-20(11-15)25(26(31)27(32)33)19-4-2-1-3-17(19)14-34-24/h1-13,25-26,31H,14H2,(H,32,33). The molecular weight excluding hydrogens is 440 g/mol. The number of hydrogen-bond donors (Lipinski definition) is 2. The molecular formula is C27H19F2NO4. The van der Waals surface area contributed by atoms with Crippen LogP contribution in [0.4, 0.5) is 8.78 Å². The van der Waals surface area contributed by atoms with Crippen LogP contribution in [-0.2, 0) is 11.4 Å². The lowest BCUT2D eigenvalue weighted by Crippen LogP contribution is -2.28. The fourth-order valence-electron chi connectivity index (χ4n) is 4.23. The van der Waals surface area contributed by atoms with Crippen LogP contribution < -0.4 is 4.74 Å². The molecule has 5 rings (SSSR count). The highest BCUT2D eigenvalue weighted by molar-refractivity contribution is 5.81. The molecule has 2 atom stereocenters. The van der Waals surface area contributed by atoms with E-state index >= 15 is 0 Å². The summed E-state index contributed by atoms with van der Waals surface area (Å²) in [4.78, 5) is 16.1. The molecule has 170 valence electrons. The van der Waals surface area contributed by atoms with Crippen molar-refractivity contribution in [1.82, 2.24) is 4.98 Å². The number of benzene rings is 3. The summed E-state index contributed by atoms with van der Waals surface area (Å²) in [5.74, 6) is -3.52. The third kappa shape index (κ3) is 4.02. The van der Waals surface area contributed by atoms with Crippen LogP contribution in [-0.4, -0.2) is 27.3 Å². The van der Waals surface area contributed by atoms with Gasteiger partial charge in [0.25, 0.3) is 0 Å². The summed E-state index contributed by atoms with van der Waals surface area (Å²) in [7, 11) is 0. The maximum absolute atomic E-state index is 13.6. The molecule has 1 aromatic heterocycles. The Morgan fingerprint density at radius 3 is 2.62 bits per heavy atom. The second kappa shape index (κ2) is 8.68. The smallest absolute Gasteiger partial charge is 0.333 e. The molecule has 1 aliphatic rings. The Hall–Kier alpha value is -4.10. The van der Waals surface area contributed by atoms with Gasteiger partial charge in [-0.05, 0) is 47.0 Å². The van der Waals surface area contributed by atoms with E-state index in [1.807, 2.05) is 18.2 Å². The molecule has 0 amide bonds. The van der Waals surface area contributed by atoms with Crippen molar-refractivity contribution in [3.05, 3.63) is 106 Å². The Balaban J connectivity index is 1.53. The molecule has 0 fully saturated rings. The van der Waals surface area contributed by atoms with Gasteiger partial charge in [0, 0.05) is 22.9 Å². The van der Waals surface area contributed by atoms with Crippen molar-refractivity contribution in [2.45, 2.75) is 18.6 Å². The number of aliphatic carboxylic acids is 1. The third-order valence-electron chi connectivity index (χ3n) is 5.91.